The average molecular weight is 457 g/mol. The predicted octanol–water partition coefficient (Wildman–Crippen LogP) is 4.04. The highest BCUT2D eigenvalue weighted by atomic mass is 35.5. The topological polar surface area (TPSA) is 59.3 Å². The third kappa shape index (κ3) is 5.05. The van der Waals surface area contributed by atoms with Gasteiger partial charge in [-0.3, -0.25) is 4.90 Å². The standard InChI is InChI=1S/C24H32N6O.ClH/c1-5-22(24-25-26-27-30(24)17-20-9-11-21(31-4)12-10-20)28-13-15-29(16-14-28)23-8-6-7-18(2)19(23)3;/h6-12,22H,5,13-17H2,1-4H3;1H. The number of aryl methyl sites for hydroxylation is 1. The van der Waals surface area contributed by atoms with Gasteiger partial charge in [0.15, 0.2) is 5.82 Å². The Labute approximate surface area is 196 Å². The van der Waals surface area contributed by atoms with E-state index >= 15 is 0 Å². The lowest BCUT2D eigenvalue weighted by Crippen LogP contribution is -2.48. The molecular formula is C24H33ClN6O. The molecule has 0 spiro atoms. The second-order valence-electron chi connectivity index (χ2n) is 8.21. The predicted molar refractivity (Wildman–Crippen MR) is 130 cm³/mol. The minimum Gasteiger partial charge on any atom is -0.497 e. The van der Waals surface area contributed by atoms with Crippen molar-refractivity contribution in [2.75, 3.05) is 38.2 Å². The van der Waals surface area contributed by atoms with Crippen molar-refractivity contribution in [2.45, 2.75) is 39.8 Å². The Hall–Kier alpha value is -2.64. The molecule has 32 heavy (non-hydrogen) atoms. The van der Waals surface area contributed by atoms with Crippen molar-refractivity contribution < 1.29 is 4.74 Å². The average Bonchev–Trinajstić information content (AvgIpc) is 3.25. The second-order valence-corrected chi connectivity index (χ2v) is 8.21. The number of tetrazole rings is 1. The molecule has 8 heteroatoms. The van der Waals surface area contributed by atoms with Crippen LogP contribution in [0.5, 0.6) is 5.75 Å². The fraction of sp³-hybridized carbons (Fsp3) is 0.458. The quantitative estimate of drug-likeness (QED) is 0.534. The van der Waals surface area contributed by atoms with Crippen molar-refractivity contribution in [2.24, 2.45) is 0 Å². The van der Waals surface area contributed by atoms with Crippen molar-refractivity contribution in [3.63, 3.8) is 0 Å². The molecule has 172 valence electrons. The van der Waals surface area contributed by atoms with Gasteiger partial charge >= 0.3 is 0 Å². The van der Waals surface area contributed by atoms with Crippen LogP contribution < -0.4 is 9.64 Å². The molecule has 0 bridgehead atoms. The van der Waals surface area contributed by atoms with Crippen LogP contribution in [0.3, 0.4) is 0 Å². The summed E-state index contributed by atoms with van der Waals surface area (Å²) in [5, 5.41) is 12.7. The van der Waals surface area contributed by atoms with E-state index in [-0.39, 0.29) is 18.4 Å². The first-order valence-corrected chi connectivity index (χ1v) is 11.0. The molecule has 0 saturated carbocycles. The number of benzene rings is 2. The van der Waals surface area contributed by atoms with Crippen molar-refractivity contribution in [3.8, 4) is 5.75 Å². The molecule has 2 aromatic carbocycles. The highest BCUT2D eigenvalue weighted by Gasteiger charge is 2.28. The van der Waals surface area contributed by atoms with Crippen molar-refractivity contribution in [3.05, 3.63) is 65.0 Å². The van der Waals surface area contributed by atoms with E-state index in [2.05, 4.69) is 76.4 Å². The minimum atomic E-state index is 0. The third-order valence-electron chi connectivity index (χ3n) is 6.41. The monoisotopic (exact) mass is 456 g/mol. The zero-order valence-electron chi connectivity index (χ0n) is 19.4. The molecular weight excluding hydrogens is 424 g/mol. The van der Waals surface area contributed by atoms with Gasteiger partial charge < -0.3 is 9.64 Å². The third-order valence-corrected chi connectivity index (χ3v) is 6.41. The van der Waals surface area contributed by atoms with Crippen LogP contribution in [-0.4, -0.2) is 58.4 Å². The number of rotatable bonds is 7. The fourth-order valence-electron chi connectivity index (χ4n) is 4.42. The summed E-state index contributed by atoms with van der Waals surface area (Å²) < 4.78 is 7.20. The number of methoxy groups -OCH3 is 1. The van der Waals surface area contributed by atoms with Gasteiger partial charge in [-0.15, -0.1) is 17.5 Å². The Morgan fingerprint density at radius 1 is 1.00 bits per heavy atom. The fourth-order valence-corrected chi connectivity index (χ4v) is 4.42. The summed E-state index contributed by atoms with van der Waals surface area (Å²) in [7, 11) is 1.68. The van der Waals surface area contributed by atoms with Gasteiger partial charge in [-0.1, -0.05) is 31.2 Å². The number of nitrogens with zero attached hydrogens (tertiary/aromatic N) is 6. The number of halogens is 1. The van der Waals surface area contributed by atoms with Gasteiger partial charge in [0.25, 0.3) is 0 Å². The van der Waals surface area contributed by atoms with E-state index in [0.717, 1.165) is 49.7 Å². The largest absolute Gasteiger partial charge is 0.497 e. The van der Waals surface area contributed by atoms with Crippen LogP contribution >= 0.6 is 12.4 Å². The van der Waals surface area contributed by atoms with Crippen LogP contribution in [0.15, 0.2) is 42.5 Å². The Bertz CT molecular complexity index is 998. The van der Waals surface area contributed by atoms with E-state index in [4.69, 9.17) is 4.74 Å². The minimum absolute atomic E-state index is 0. The lowest BCUT2D eigenvalue weighted by molar-refractivity contribution is 0.169. The van der Waals surface area contributed by atoms with Crippen molar-refractivity contribution >= 4 is 18.1 Å². The highest BCUT2D eigenvalue weighted by Crippen LogP contribution is 2.28. The van der Waals surface area contributed by atoms with Gasteiger partial charge in [-0.2, -0.15) is 0 Å². The first kappa shape index (κ1) is 24.0. The van der Waals surface area contributed by atoms with E-state index in [1.165, 1.54) is 16.8 Å². The van der Waals surface area contributed by atoms with Gasteiger partial charge in [-0.25, -0.2) is 4.68 Å². The SMILES string of the molecule is CCC(c1nnnn1Cc1ccc(OC)cc1)N1CCN(c2cccc(C)c2C)CC1.Cl. The molecule has 1 saturated heterocycles. The van der Waals surface area contributed by atoms with Crippen LogP contribution in [-0.2, 0) is 6.54 Å². The molecule has 1 unspecified atom stereocenters. The maximum Gasteiger partial charge on any atom is 0.168 e. The number of hydrogen-bond donors (Lipinski definition) is 0. The molecule has 1 aliphatic rings. The molecule has 0 N–H and O–H groups in total. The molecule has 0 aliphatic carbocycles. The normalized spacial score (nSPS) is 15.3. The van der Waals surface area contributed by atoms with Crippen LogP contribution in [0.2, 0.25) is 0 Å². The van der Waals surface area contributed by atoms with Crippen LogP contribution in [0.25, 0.3) is 0 Å². The Morgan fingerprint density at radius 2 is 1.72 bits per heavy atom. The summed E-state index contributed by atoms with van der Waals surface area (Å²) in [4.78, 5) is 5.03. The molecule has 4 rings (SSSR count). The van der Waals surface area contributed by atoms with E-state index in [1.807, 2.05) is 16.8 Å². The summed E-state index contributed by atoms with van der Waals surface area (Å²) in [5.41, 5.74) is 5.25. The molecule has 3 aromatic rings. The maximum atomic E-state index is 5.26. The van der Waals surface area contributed by atoms with E-state index < -0.39 is 0 Å². The molecule has 7 nitrogen and oxygen atoms in total. The van der Waals surface area contributed by atoms with E-state index in [9.17, 15) is 0 Å². The molecule has 1 aromatic heterocycles. The number of ether oxygens (including phenoxy) is 1. The van der Waals surface area contributed by atoms with E-state index in [1.54, 1.807) is 7.11 Å². The lowest BCUT2D eigenvalue weighted by Gasteiger charge is -2.40. The molecule has 1 fully saturated rings. The summed E-state index contributed by atoms with van der Waals surface area (Å²) >= 11 is 0. The smallest absolute Gasteiger partial charge is 0.168 e. The maximum absolute atomic E-state index is 5.26. The number of anilines is 1. The molecule has 1 atom stereocenters. The van der Waals surface area contributed by atoms with Gasteiger partial charge in [0.05, 0.1) is 19.7 Å². The number of piperazine rings is 1. The highest BCUT2D eigenvalue weighted by molar-refractivity contribution is 5.85. The van der Waals surface area contributed by atoms with Gasteiger partial charge in [0.1, 0.15) is 5.75 Å². The first-order chi connectivity index (χ1) is 15.1. The molecule has 2 heterocycles. The van der Waals surface area contributed by atoms with Crippen LogP contribution in [0, 0.1) is 13.8 Å². The Kier molecular flexibility index (Phi) is 8.10. The van der Waals surface area contributed by atoms with Crippen molar-refractivity contribution in [1.29, 1.82) is 0 Å². The van der Waals surface area contributed by atoms with Crippen LogP contribution in [0.1, 0.15) is 41.9 Å². The lowest BCUT2D eigenvalue weighted by atomic mass is 10.1. The first-order valence-electron chi connectivity index (χ1n) is 11.0. The van der Waals surface area contributed by atoms with E-state index in [0.29, 0.717) is 6.54 Å². The summed E-state index contributed by atoms with van der Waals surface area (Å²) in [6.07, 6.45) is 0.979. The van der Waals surface area contributed by atoms with Gasteiger partial charge in [-0.05, 0) is 65.6 Å². The summed E-state index contributed by atoms with van der Waals surface area (Å²) in [5.74, 6) is 1.80. The molecule has 0 amide bonds. The van der Waals surface area contributed by atoms with Gasteiger partial charge in [0, 0.05) is 31.9 Å². The molecule has 1 aliphatic heterocycles. The summed E-state index contributed by atoms with van der Waals surface area (Å²) in [6, 6.07) is 14.9. The summed E-state index contributed by atoms with van der Waals surface area (Å²) in [6.45, 7) is 11.3. The molecule has 0 radical (unpaired) electrons. The zero-order chi connectivity index (χ0) is 21.8. The number of aromatic nitrogens is 4. The van der Waals surface area contributed by atoms with Gasteiger partial charge in [0.2, 0.25) is 0 Å². The zero-order valence-corrected chi connectivity index (χ0v) is 20.2. The Morgan fingerprint density at radius 3 is 2.38 bits per heavy atom. The second kappa shape index (κ2) is 10.8. The number of hydrogen-bond acceptors (Lipinski definition) is 6. The van der Waals surface area contributed by atoms with Crippen molar-refractivity contribution in [1.82, 2.24) is 25.1 Å². The van der Waals surface area contributed by atoms with Crippen LogP contribution in [0.4, 0.5) is 5.69 Å². The Balaban J connectivity index is 0.00000289.